The van der Waals surface area contributed by atoms with Gasteiger partial charge in [-0.2, -0.15) is 0 Å². The van der Waals surface area contributed by atoms with Crippen molar-refractivity contribution in [1.29, 1.82) is 0 Å². The molecular weight excluding hydrogens is 737 g/mol. The Morgan fingerprint density at radius 1 is 0.328 bits per heavy atom. The van der Waals surface area contributed by atoms with Crippen LogP contribution in [0.5, 0.6) is 0 Å². The predicted molar refractivity (Wildman–Crippen MR) is 255 cm³/mol. The number of nitrogens with zero attached hydrogens (tertiary/aromatic N) is 2. The molecule has 0 radical (unpaired) electrons. The van der Waals surface area contributed by atoms with E-state index in [0.29, 0.717) is 0 Å². The van der Waals surface area contributed by atoms with Crippen molar-refractivity contribution in [2.75, 3.05) is 9.80 Å². The zero-order valence-corrected chi connectivity index (χ0v) is 33.5. The summed E-state index contributed by atoms with van der Waals surface area (Å²) in [5.41, 5.74) is 18.7. The summed E-state index contributed by atoms with van der Waals surface area (Å²) in [4.78, 5) is 4.96. The van der Waals surface area contributed by atoms with Gasteiger partial charge in [-0.15, -0.1) is 0 Å². The molecule has 10 aromatic rings. The van der Waals surface area contributed by atoms with E-state index in [1.165, 1.54) is 77.8 Å². The molecule has 0 amide bonds. The maximum atomic E-state index is 2.51. The van der Waals surface area contributed by atoms with E-state index in [4.69, 9.17) is 0 Å². The molecule has 12 rings (SSSR count). The van der Waals surface area contributed by atoms with Crippen LogP contribution in [0.3, 0.4) is 0 Å². The Kier molecular flexibility index (Phi) is 8.11. The van der Waals surface area contributed by atoms with Crippen molar-refractivity contribution in [3.63, 3.8) is 0 Å². The third-order valence-electron chi connectivity index (χ3n) is 12.8. The molecule has 0 bridgehead atoms. The first kappa shape index (κ1) is 35.0. The van der Waals surface area contributed by atoms with Crippen LogP contribution in [0.1, 0.15) is 22.3 Å². The maximum Gasteiger partial charge on any atom is 0.0755 e. The first-order chi connectivity index (χ1) is 30.3. The Hall–Kier alpha value is -7.94. The van der Waals surface area contributed by atoms with Gasteiger partial charge in [0, 0.05) is 22.5 Å². The lowest BCUT2D eigenvalue weighted by molar-refractivity contribution is 0.752. The molecule has 0 saturated carbocycles. The van der Waals surface area contributed by atoms with E-state index < -0.39 is 5.41 Å². The second-order valence-electron chi connectivity index (χ2n) is 16.0. The largest absolute Gasteiger partial charge is 0.310 e. The molecule has 1 aliphatic heterocycles. The fraction of sp³-hybridized carbons (Fsp3) is 0.0169. The van der Waals surface area contributed by atoms with E-state index >= 15 is 0 Å². The molecule has 286 valence electrons. The fourth-order valence-corrected chi connectivity index (χ4v) is 10.3. The van der Waals surface area contributed by atoms with E-state index in [9.17, 15) is 0 Å². The standard InChI is InChI=1S/C59H40N2/c1-3-18-41(19-4-1)43-34-36-44(37-35-43)48-24-10-14-30-54(48)61(47-39-38-42-20-7-8-21-45(42)40-47)57-33-17-29-53-58(57)49-25-9-11-26-50(49)59(53)51-27-12-15-31-55(51)60(46-22-5-2-6-23-46)56-32-16-13-28-52(56)59/h1-40H. The lowest BCUT2D eigenvalue weighted by Crippen LogP contribution is -2.36. The number of anilines is 6. The highest BCUT2D eigenvalue weighted by molar-refractivity contribution is 6.03. The predicted octanol–water partition coefficient (Wildman–Crippen LogP) is 15.8. The molecule has 0 N–H and O–H groups in total. The third kappa shape index (κ3) is 5.36. The molecule has 2 heteroatoms. The number of para-hydroxylation sites is 4. The molecular formula is C59H40N2. The monoisotopic (exact) mass is 776 g/mol. The molecule has 0 aromatic heterocycles. The summed E-state index contributed by atoms with van der Waals surface area (Å²) in [5.74, 6) is 0. The average Bonchev–Trinajstić information content (AvgIpc) is 3.64. The third-order valence-corrected chi connectivity index (χ3v) is 12.8. The molecule has 0 atom stereocenters. The van der Waals surface area contributed by atoms with Crippen molar-refractivity contribution < 1.29 is 0 Å². The molecule has 2 nitrogen and oxygen atoms in total. The van der Waals surface area contributed by atoms with Crippen LogP contribution in [0.25, 0.3) is 44.2 Å². The highest BCUT2D eigenvalue weighted by atomic mass is 15.2. The minimum Gasteiger partial charge on any atom is -0.310 e. The smallest absolute Gasteiger partial charge is 0.0755 e. The first-order valence-corrected chi connectivity index (χ1v) is 21.1. The molecule has 10 aromatic carbocycles. The zero-order valence-electron chi connectivity index (χ0n) is 33.5. The average molecular weight is 777 g/mol. The minimum absolute atomic E-state index is 0.567. The van der Waals surface area contributed by atoms with Crippen LogP contribution in [0, 0.1) is 0 Å². The number of hydrogen-bond donors (Lipinski definition) is 0. The van der Waals surface area contributed by atoms with Crippen LogP contribution < -0.4 is 9.80 Å². The molecule has 0 fully saturated rings. The Bertz CT molecular complexity index is 3210. The number of benzene rings is 10. The van der Waals surface area contributed by atoms with Gasteiger partial charge >= 0.3 is 0 Å². The van der Waals surface area contributed by atoms with E-state index in [-0.39, 0.29) is 0 Å². The van der Waals surface area contributed by atoms with Crippen LogP contribution in [0.2, 0.25) is 0 Å². The Balaban J connectivity index is 1.13. The summed E-state index contributed by atoms with van der Waals surface area (Å²) in [6.07, 6.45) is 0. The lowest BCUT2D eigenvalue weighted by Gasteiger charge is -2.45. The second kappa shape index (κ2) is 14.1. The number of rotatable bonds is 6. The summed E-state index contributed by atoms with van der Waals surface area (Å²) in [7, 11) is 0. The van der Waals surface area contributed by atoms with Gasteiger partial charge in [0.15, 0.2) is 0 Å². The zero-order chi connectivity index (χ0) is 40.3. The van der Waals surface area contributed by atoms with Crippen LogP contribution in [-0.2, 0) is 5.41 Å². The van der Waals surface area contributed by atoms with Crippen molar-refractivity contribution in [2.24, 2.45) is 0 Å². The Morgan fingerprint density at radius 2 is 0.852 bits per heavy atom. The van der Waals surface area contributed by atoms with Gasteiger partial charge in [0.1, 0.15) is 0 Å². The Labute approximate surface area is 356 Å². The highest BCUT2D eigenvalue weighted by Gasteiger charge is 2.52. The van der Waals surface area contributed by atoms with Crippen LogP contribution in [0.15, 0.2) is 243 Å². The molecule has 1 heterocycles. The Morgan fingerprint density at radius 3 is 1.59 bits per heavy atom. The minimum atomic E-state index is -0.567. The molecule has 1 spiro atoms. The quantitative estimate of drug-likeness (QED) is 0.166. The molecule has 1 aliphatic carbocycles. The molecule has 0 unspecified atom stereocenters. The summed E-state index contributed by atoms with van der Waals surface area (Å²) >= 11 is 0. The van der Waals surface area contributed by atoms with Gasteiger partial charge in [-0.05, 0) is 104 Å². The van der Waals surface area contributed by atoms with E-state index in [1.54, 1.807) is 0 Å². The SMILES string of the molecule is c1ccc(-c2ccc(-c3ccccc3N(c3ccc4ccccc4c3)c3cccc4c3-c3ccccc3C43c4ccccc4N(c4ccccc4)c4ccccc43)cc2)cc1. The first-order valence-electron chi connectivity index (χ1n) is 21.1. The van der Waals surface area contributed by atoms with Gasteiger partial charge in [0.25, 0.3) is 0 Å². The summed E-state index contributed by atoms with van der Waals surface area (Å²) in [6.45, 7) is 0. The van der Waals surface area contributed by atoms with Crippen molar-refractivity contribution in [3.05, 3.63) is 265 Å². The van der Waals surface area contributed by atoms with Crippen molar-refractivity contribution in [1.82, 2.24) is 0 Å². The maximum absolute atomic E-state index is 2.51. The molecule has 2 aliphatic rings. The molecule has 61 heavy (non-hydrogen) atoms. The van der Waals surface area contributed by atoms with Crippen molar-refractivity contribution in [2.45, 2.75) is 5.41 Å². The van der Waals surface area contributed by atoms with Gasteiger partial charge in [-0.1, -0.05) is 194 Å². The van der Waals surface area contributed by atoms with Crippen LogP contribution in [-0.4, -0.2) is 0 Å². The molecule has 0 saturated heterocycles. The van der Waals surface area contributed by atoms with Crippen LogP contribution >= 0.6 is 0 Å². The van der Waals surface area contributed by atoms with Gasteiger partial charge in [-0.3, -0.25) is 0 Å². The fourth-order valence-electron chi connectivity index (χ4n) is 10.3. The number of hydrogen-bond acceptors (Lipinski definition) is 2. The van der Waals surface area contributed by atoms with Crippen molar-refractivity contribution in [3.8, 4) is 33.4 Å². The normalized spacial score (nSPS) is 13.0. The van der Waals surface area contributed by atoms with Gasteiger partial charge in [0.2, 0.25) is 0 Å². The van der Waals surface area contributed by atoms with E-state index in [0.717, 1.165) is 22.7 Å². The highest BCUT2D eigenvalue weighted by Crippen LogP contribution is 2.65. The summed E-state index contributed by atoms with van der Waals surface area (Å²) < 4.78 is 0. The van der Waals surface area contributed by atoms with E-state index in [1.807, 2.05) is 0 Å². The lowest BCUT2D eigenvalue weighted by atomic mass is 9.64. The van der Waals surface area contributed by atoms with Gasteiger partial charge in [-0.25, -0.2) is 0 Å². The summed E-state index contributed by atoms with van der Waals surface area (Å²) in [6, 6.07) is 89.1. The van der Waals surface area contributed by atoms with Gasteiger partial charge in [0.05, 0.1) is 28.2 Å². The second-order valence-corrected chi connectivity index (χ2v) is 16.0. The van der Waals surface area contributed by atoms with Crippen LogP contribution in [0.4, 0.5) is 34.1 Å². The van der Waals surface area contributed by atoms with Gasteiger partial charge < -0.3 is 9.80 Å². The van der Waals surface area contributed by atoms with E-state index in [2.05, 4.69) is 252 Å². The topological polar surface area (TPSA) is 6.48 Å². The van der Waals surface area contributed by atoms with Crippen molar-refractivity contribution >= 4 is 44.9 Å². The summed E-state index contributed by atoms with van der Waals surface area (Å²) in [5, 5.41) is 2.42. The number of fused-ring (bicyclic) bond motifs is 10.